The Morgan fingerprint density at radius 2 is 1.85 bits per heavy atom. The molecule has 0 aliphatic rings. The summed E-state index contributed by atoms with van der Waals surface area (Å²) in [7, 11) is 0. The molecule has 0 heterocycles. The van der Waals surface area contributed by atoms with E-state index in [1.807, 2.05) is 13.8 Å². The molecule has 80 valence electrons. The number of aliphatic hydroxyl groups is 1. The number of hydrogen-bond donors (Lipinski definition) is 1. The number of aliphatic hydroxyl groups excluding tert-OH is 1. The second-order valence-electron chi connectivity index (χ2n) is 3.25. The van der Waals surface area contributed by atoms with Gasteiger partial charge in [-0.15, -0.1) is 13.2 Å². The summed E-state index contributed by atoms with van der Waals surface area (Å²) in [6.45, 7) is 3.25. The van der Waals surface area contributed by atoms with Gasteiger partial charge in [0.1, 0.15) is 0 Å². The Morgan fingerprint density at radius 1 is 1.31 bits per heavy atom. The summed E-state index contributed by atoms with van der Waals surface area (Å²) in [6.07, 6.45) is -4.54. The summed E-state index contributed by atoms with van der Waals surface area (Å²) < 4.78 is 37.9. The molecule has 0 aliphatic carbocycles. The number of halogens is 3. The maximum atomic E-state index is 11.5. The minimum atomic E-state index is -4.55. The van der Waals surface area contributed by atoms with Crippen molar-refractivity contribution < 1.29 is 23.0 Å². The van der Waals surface area contributed by atoms with E-state index in [9.17, 15) is 18.3 Å². The van der Waals surface area contributed by atoms with Gasteiger partial charge in [-0.2, -0.15) is 0 Å². The highest BCUT2D eigenvalue weighted by Crippen LogP contribution is 2.17. The second-order valence-corrected chi connectivity index (χ2v) is 3.25. The van der Waals surface area contributed by atoms with Crippen LogP contribution in [0.4, 0.5) is 13.2 Å². The fourth-order valence-electron chi connectivity index (χ4n) is 0.814. The predicted octanol–water partition coefficient (Wildman–Crippen LogP) is 2.32. The van der Waals surface area contributed by atoms with Gasteiger partial charge >= 0.3 is 6.36 Å². The van der Waals surface area contributed by atoms with E-state index in [0.717, 1.165) is 0 Å². The molecule has 1 atom stereocenters. The van der Waals surface area contributed by atoms with E-state index in [2.05, 4.69) is 4.74 Å². The van der Waals surface area contributed by atoms with Crippen molar-refractivity contribution in [3.05, 3.63) is 0 Å². The van der Waals surface area contributed by atoms with Gasteiger partial charge in [-0.25, -0.2) is 0 Å². The molecule has 0 bridgehead atoms. The van der Waals surface area contributed by atoms with Gasteiger partial charge in [-0.05, 0) is 18.8 Å². The largest absolute Gasteiger partial charge is 0.522 e. The highest BCUT2D eigenvalue weighted by atomic mass is 19.4. The van der Waals surface area contributed by atoms with Crippen molar-refractivity contribution in [3.63, 3.8) is 0 Å². The summed E-state index contributed by atoms with van der Waals surface area (Å²) in [6, 6.07) is 0. The summed E-state index contributed by atoms with van der Waals surface area (Å²) in [5.41, 5.74) is 0. The molecule has 13 heavy (non-hydrogen) atoms. The lowest BCUT2D eigenvalue weighted by Crippen LogP contribution is -2.18. The first-order chi connectivity index (χ1) is 5.83. The molecular formula is C8H15F3O2. The van der Waals surface area contributed by atoms with E-state index in [0.29, 0.717) is 6.42 Å². The average Bonchev–Trinajstić information content (AvgIpc) is 1.95. The van der Waals surface area contributed by atoms with Gasteiger partial charge < -0.3 is 5.11 Å². The maximum Gasteiger partial charge on any atom is 0.522 e. The molecule has 0 aromatic rings. The van der Waals surface area contributed by atoms with Gasteiger partial charge in [0.05, 0.1) is 12.7 Å². The van der Waals surface area contributed by atoms with E-state index in [4.69, 9.17) is 0 Å². The first kappa shape index (κ1) is 12.7. The standard InChI is InChI=1S/C8H15F3O2/c1-6(2)7(12)4-3-5-13-8(9,10)11/h6-7,12H,3-5H2,1-2H3. The summed E-state index contributed by atoms with van der Waals surface area (Å²) in [5.74, 6) is 0.0749. The molecule has 5 heteroatoms. The van der Waals surface area contributed by atoms with Gasteiger partial charge in [-0.3, -0.25) is 4.74 Å². The van der Waals surface area contributed by atoms with Gasteiger partial charge in [0, 0.05) is 0 Å². The number of hydrogen-bond acceptors (Lipinski definition) is 2. The Balaban J connectivity index is 3.36. The lowest BCUT2D eigenvalue weighted by atomic mass is 10.0. The van der Waals surface area contributed by atoms with Crippen LogP contribution in [0.25, 0.3) is 0 Å². The van der Waals surface area contributed by atoms with Crippen LogP contribution in [0.1, 0.15) is 26.7 Å². The van der Waals surface area contributed by atoms with Gasteiger partial charge in [0.2, 0.25) is 0 Å². The lowest BCUT2D eigenvalue weighted by Gasteiger charge is -2.14. The lowest BCUT2D eigenvalue weighted by molar-refractivity contribution is -0.325. The van der Waals surface area contributed by atoms with Crippen LogP contribution in [0, 0.1) is 5.92 Å². The summed E-state index contributed by atoms with van der Waals surface area (Å²) in [4.78, 5) is 0. The van der Waals surface area contributed by atoms with E-state index in [-0.39, 0.29) is 18.9 Å². The first-order valence-electron chi connectivity index (χ1n) is 4.21. The second kappa shape index (κ2) is 5.44. The van der Waals surface area contributed by atoms with Crippen molar-refractivity contribution in [2.24, 2.45) is 5.92 Å². The van der Waals surface area contributed by atoms with Crippen LogP contribution in [0.15, 0.2) is 0 Å². The molecule has 0 aromatic carbocycles. The van der Waals surface area contributed by atoms with Crippen LogP contribution < -0.4 is 0 Å². The summed E-state index contributed by atoms with van der Waals surface area (Å²) >= 11 is 0. The molecule has 1 unspecified atom stereocenters. The fourth-order valence-corrected chi connectivity index (χ4v) is 0.814. The molecule has 0 spiro atoms. The highest BCUT2D eigenvalue weighted by molar-refractivity contribution is 4.59. The molecule has 0 amide bonds. The van der Waals surface area contributed by atoms with Crippen LogP contribution >= 0.6 is 0 Å². The van der Waals surface area contributed by atoms with Crippen LogP contribution in [0.5, 0.6) is 0 Å². The molecule has 1 N–H and O–H groups in total. The first-order valence-corrected chi connectivity index (χ1v) is 4.21. The van der Waals surface area contributed by atoms with E-state index < -0.39 is 12.5 Å². The Labute approximate surface area is 75.7 Å². The Morgan fingerprint density at radius 3 is 2.23 bits per heavy atom. The SMILES string of the molecule is CC(C)C(O)CCCOC(F)(F)F. The van der Waals surface area contributed by atoms with E-state index in [1.54, 1.807) is 0 Å². The molecule has 0 saturated heterocycles. The monoisotopic (exact) mass is 200 g/mol. The zero-order valence-corrected chi connectivity index (χ0v) is 7.77. The van der Waals surface area contributed by atoms with Gasteiger partial charge in [0.15, 0.2) is 0 Å². The fraction of sp³-hybridized carbons (Fsp3) is 1.00. The zero-order chi connectivity index (χ0) is 10.5. The minimum Gasteiger partial charge on any atom is -0.393 e. The van der Waals surface area contributed by atoms with Crippen LogP contribution in [-0.2, 0) is 4.74 Å². The van der Waals surface area contributed by atoms with Crippen LogP contribution in [-0.4, -0.2) is 24.2 Å². The smallest absolute Gasteiger partial charge is 0.393 e. The summed E-state index contributed by atoms with van der Waals surface area (Å²) in [5, 5.41) is 9.22. The third-order valence-electron chi connectivity index (χ3n) is 1.68. The molecule has 0 aliphatic heterocycles. The number of ether oxygens (including phenoxy) is 1. The quantitative estimate of drug-likeness (QED) is 0.690. The Bertz CT molecular complexity index is 134. The molecule has 0 rings (SSSR count). The zero-order valence-electron chi connectivity index (χ0n) is 7.77. The van der Waals surface area contributed by atoms with Crippen molar-refractivity contribution >= 4 is 0 Å². The maximum absolute atomic E-state index is 11.5. The van der Waals surface area contributed by atoms with Crippen LogP contribution in [0.3, 0.4) is 0 Å². The van der Waals surface area contributed by atoms with Gasteiger partial charge in [0.25, 0.3) is 0 Å². The molecule has 0 fully saturated rings. The average molecular weight is 200 g/mol. The van der Waals surface area contributed by atoms with Crippen LogP contribution in [0.2, 0.25) is 0 Å². The minimum absolute atomic E-state index is 0.0749. The molecule has 2 nitrogen and oxygen atoms in total. The Hall–Kier alpha value is -0.290. The van der Waals surface area contributed by atoms with Crippen molar-refractivity contribution in [1.29, 1.82) is 0 Å². The molecule has 0 radical (unpaired) electrons. The highest BCUT2D eigenvalue weighted by Gasteiger charge is 2.28. The third kappa shape index (κ3) is 8.05. The predicted molar refractivity (Wildman–Crippen MR) is 42.1 cm³/mol. The number of alkyl halides is 3. The normalized spacial score (nSPS) is 15.0. The topological polar surface area (TPSA) is 29.5 Å². The van der Waals surface area contributed by atoms with E-state index in [1.165, 1.54) is 0 Å². The third-order valence-corrected chi connectivity index (χ3v) is 1.68. The van der Waals surface area contributed by atoms with Crippen molar-refractivity contribution in [2.45, 2.75) is 39.2 Å². The molecule has 0 saturated carbocycles. The van der Waals surface area contributed by atoms with Crippen molar-refractivity contribution in [3.8, 4) is 0 Å². The van der Waals surface area contributed by atoms with Gasteiger partial charge in [-0.1, -0.05) is 13.8 Å². The van der Waals surface area contributed by atoms with Crippen molar-refractivity contribution in [1.82, 2.24) is 0 Å². The van der Waals surface area contributed by atoms with E-state index >= 15 is 0 Å². The Kier molecular flexibility index (Phi) is 5.32. The molecule has 0 aromatic heterocycles. The van der Waals surface area contributed by atoms with Crippen molar-refractivity contribution in [2.75, 3.05) is 6.61 Å². The molecular weight excluding hydrogens is 185 g/mol. The number of rotatable bonds is 5.